The van der Waals surface area contributed by atoms with Crippen LogP contribution in [-0.4, -0.2) is 19.9 Å². The highest BCUT2D eigenvalue weighted by atomic mass is 35.5. The molecular formula is C10H14ClN5O. The molecule has 0 aliphatic heterocycles. The van der Waals surface area contributed by atoms with Gasteiger partial charge in [-0.1, -0.05) is 5.16 Å². The van der Waals surface area contributed by atoms with Crippen molar-refractivity contribution >= 4 is 12.4 Å². The van der Waals surface area contributed by atoms with Crippen molar-refractivity contribution < 1.29 is 4.52 Å². The van der Waals surface area contributed by atoms with Crippen LogP contribution in [0, 0.1) is 0 Å². The number of nitrogens with two attached hydrogens (primary N) is 1. The fourth-order valence-electron chi connectivity index (χ4n) is 1.84. The van der Waals surface area contributed by atoms with Gasteiger partial charge >= 0.3 is 0 Å². The second-order valence-electron chi connectivity index (χ2n) is 4.23. The first-order chi connectivity index (χ1) is 7.76. The molecule has 0 bridgehead atoms. The summed E-state index contributed by atoms with van der Waals surface area (Å²) in [5.74, 6) is 1.18. The van der Waals surface area contributed by atoms with E-state index in [-0.39, 0.29) is 17.9 Å². The molecule has 1 fully saturated rings. The summed E-state index contributed by atoms with van der Waals surface area (Å²) in [4.78, 5) is 4.32. The van der Waals surface area contributed by atoms with E-state index in [2.05, 4.69) is 15.2 Å². The molecule has 3 rings (SSSR count). The Balaban J connectivity index is 0.00000108. The summed E-state index contributed by atoms with van der Waals surface area (Å²) >= 11 is 0. The van der Waals surface area contributed by atoms with Crippen LogP contribution < -0.4 is 5.73 Å². The van der Waals surface area contributed by atoms with Gasteiger partial charge in [-0.3, -0.25) is 4.68 Å². The van der Waals surface area contributed by atoms with Crippen molar-refractivity contribution in [2.45, 2.75) is 31.3 Å². The van der Waals surface area contributed by atoms with Gasteiger partial charge in [0, 0.05) is 12.4 Å². The molecule has 0 atom stereocenters. The summed E-state index contributed by atoms with van der Waals surface area (Å²) in [6, 6.07) is 1.85. The zero-order chi connectivity index (χ0) is 11.0. The lowest BCUT2D eigenvalue weighted by Gasteiger charge is -2.34. The molecule has 7 heteroatoms. The van der Waals surface area contributed by atoms with Crippen LogP contribution in [0.5, 0.6) is 0 Å². The lowest BCUT2D eigenvalue weighted by molar-refractivity contribution is 0.228. The van der Waals surface area contributed by atoms with Gasteiger partial charge in [-0.25, -0.2) is 0 Å². The Kier molecular flexibility index (Phi) is 3.17. The average Bonchev–Trinajstić information content (AvgIpc) is 2.86. The average molecular weight is 256 g/mol. The Hall–Kier alpha value is -1.40. The Labute approximate surface area is 105 Å². The normalized spacial score (nSPS) is 17.2. The lowest BCUT2D eigenvalue weighted by atomic mass is 9.77. The Morgan fingerprint density at radius 3 is 2.88 bits per heavy atom. The minimum absolute atomic E-state index is 0. The van der Waals surface area contributed by atoms with Gasteiger partial charge in [-0.05, 0) is 25.3 Å². The molecule has 0 radical (unpaired) electrons. The van der Waals surface area contributed by atoms with Gasteiger partial charge in [0.2, 0.25) is 5.89 Å². The van der Waals surface area contributed by atoms with Crippen molar-refractivity contribution in [3.05, 3.63) is 30.2 Å². The summed E-state index contributed by atoms with van der Waals surface area (Å²) in [5.41, 5.74) is 5.75. The number of hydrogen-bond donors (Lipinski definition) is 1. The molecule has 92 valence electrons. The molecule has 1 saturated carbocycles. The highest BCUT2D eigenvalue weighted by molar-refractivity contribution is 5.85. The van der Waals surface area contributed by atoms with Gasteiger partial charge in [-0.2, -0.15) is 10.1 Å². The van der Waals surface area contributed by atoms with Crippen molar-refractivity contribution in [2.24, 2.45) is 5.73 Å². The van der Waals surface area contributed by atoms with E-state index in [0.29, 0.717) is 18.3 Å². The molecule has 17 heavy (non-hydrogen) atoms. The summed E-state index contributed by atoms with van der Waals surface area (Å²) in [5, 5.41) is 8.01. The van der Waals surface area contributed by atoms with E-state index in [1.165, 1.54) is 0 Å². The SMILES string of the molecule is Cl.NC1(c2noc(Cn3cccn3)n2)CCC1. The van der Waals surface area contributed by atoms with Gasteiger partial charge in [0.15, 0.2) is 5.82 Å². The first-order valence-electron chi connectivity index (χ1n) is 5.36. The number of halogens is 1. The molecule has 2 heterocycles. The fourth-order valence-corrected chi connectivity index (χ4v) is 1.84. The van der Waals surface area contributed by atoms with E-state index >= 15 is 0 Å². The van der Waals surface area contributed by atoms with E-state index in [0.717, 1.165) is 19.3 Å². The maximum absolute atomic E-state index is 6.10. The zero-order valence-corrected chi connectivity index (χ0v) is 10.1. The molecule has 2 aromatic heterocycles. The van der Waals surface area contributed by atoms with Crippen molar-refractivity contribution in [2.75, 3.05) is 0 Å². The van der Waals surface area contributed by atoms with Gasteiger partial charge in [0.05, 0.1) is 5.54 Å². The lowest BCUT2D eigenvalue weighted by Crippen LogP contribution is -2.44. The summed E-state index contributed by atoms with van der Waals surface area (Å²) in [7, 11) is 0. The zero-order valence-electron chi connectivity index (χ0n) is 9.24. The Morgan fingerprint density at radius 2 is 2.29 bits per heavy atom. The molecule has 2 N–H and O–H groups in total. The van der Waals surface area contributed by atoms with Crippen molar-refractivity contribution in [1.82, 2.24) is 19.9 Å². The number of aromatic nitrogens is 4. The predicted octanol–water partition coefficient (Wildman–Crippen LogP) is 1.07. The van der Waals surface area contributed by atoms with Crippen LogP contribution in [0.25, 0.3) is 0 Å². The molecule has 6 nitrogen and oxygen atoms in total. The van der Waals surface area contributed by atoms with E-state index in [4.69, 9.17) is 10.3 Å². The third-order valence-electron chi connectivity index (χ3n) is 3.02. The quantitative estimate of drug-likeness (QED) is 0.887. The molecular weight excluding hydrogens is 242 g/mol. The summed E-state index contributed by atoms with van der Waals surface area (Å²) in [6.07, 6.45) is 6.58. The molecule has 1 aliphatic carbocycles. The van der Waals surface area contributed by atoms with Crippen molar-refractivity contribution in [1.29, 1.82) is 0 Å². The van der Waals surface area contributed by atoms with Gasteiger partial charge < -0.3 is 10.3 Å². The standard InChI is InChI=1S/C10H13N5O.ClH/c11-10(3-1-4-10)9-13-8(16-14-9)7-15-6-2-5-12-15;/h2,5-6H,1,3-4,7,11H2;1H. The van der Waals surface area contributed by atoms with Crippen LogP contribution in [-0.2, 0) is 12.1 Å². The number of rotatable bonds is 3. The molecule has 0 spiro atoms. The Bertz CT molecular complexity index is 477. The monoisotopic (exact) mass is 255 g/mol. The first kappa shape index (κ1) is 12.1. The third-order valence-corrected chi connectivity index (χ3v) is 3.02. The fraction of sp³-hybridized carbons (Fsp3) is 0.500. The van der Waals surface area contributed by atoms with Crippen LogP contribution in [0.4, 0.5) is 0 Å². The molecule has 0 unspecified atom stereocenters. The molecule has 1 aliphatic rings. The van der Waals surface area contributed by atoms with Crippen molar-refractivity contribution in [3.63, 3.8) is 0 Å². The van der Waals surface area contributed by atoms with Crippen LogP contribution in [0.1, 0.15) is 31.0 Å². The number of hydrogen-bond acceptors (Lipinski definition) is 5. The summed E-state index contributed by atoms with van der Waals surface area (Å²) < 4.78 is 6.90. The van der Waals surface area contributed by atoms with Gasteiger partial charge in [0.25, 0.3) is 0 Å². The van der Waals surface area contributed by atoms with E-state index in [1.807, 2.05) is 12.3 Å². The van der Waals surface area contributed by atoms with Crippen LogP contribution in [0.3, 0.4) is 0 Å². The smallest absolute Gasteiger partial charge is 0.248 e. The van der Waals surface area contributed by atoms with Gasteiger partial charge in [0.1, 0.15) is 6.54 Å². The molecule has 2 aromatic rings. The van der Waals surface area contributed by atoms with Crippen molar-refractivity contribution in [3.8, 4) is 0 Å². The maximum Gasteiger partial charge on any atom is 0.248 e. The molecule has 0 aromatic carbocycles. The maximum atomic E-state index is 6.10. The molecule has 0 saturated heterocycles. The second-order valence-corrected chi connectivity index (χ2v) is 4.23. The number of nitrogens with zero attached hydrogens (tertiary/aromatic N) is 4. The highest BCUT2D eigenvalue weighted by Gasteiger charge is 2.38. The van der Waals surface area contributed by atoms with Crippen LogP contribution >= 0.6 is 12.4 Å². The largest absolute Gasteiger partial charge is 0.337 e. The van der Waals surface area contributed by atoms with E-state index in [9.17, 15) is 0 Å². The highest BCUT2D eigenvalue weighted by Crippen LogP contribution is 2.36. The summed E-state index contributed by atoms with van der Waals surface area (Å²) in [6.45, 7) is 0.496. The van der Waals surface area contributed by atoms with E-state index < -0.39 is 0 Å². The van der Waals surface area contributed by atoms with Gasteiger partial charge in [-0.15, -0.1) is 12.4 Å². The minimum atomic E-state index is -0.355. The van der Waals surface area contributed by atoms with Crippen LogP contribution in [0.15, 0.2) is 23.0 Å². The predicted molar refractivity (Wildman–Crippen MR) is 62.6 cm³/mol. The third kappa shape index (κ3) is 2.18. The minimum Gasteiger partial charge on any atom is -0.337 e. The van der Waals surface area contributed by atoms with E-state index in [1.54, 1.807) is 10.9 Å². The topological polar surface area (TPSA) is 82.8 Å². The second kappa shape index (κ2) is 4.46. The Morgan fingerprint density at radius 1 is 1.47 bits per heavy atom. The first-order valence-corrected chi connectivity index (χ1v) is 5.36. The molecule has 0 amide bonds. The van der Waals surface area contributed by atoms with Crippen LogP contribution in [0.2, 0.25) is 0 Å².